The van der Waals surface area contributed by atoms with Gasteiger partial charge in [0.2, 0.25) is 0 Å². The van der Waals surface area contributed by atoms with Gasteiger partial charge in [-0.2, -0.15) is 0 Å². The SMILES string of the molecule is CCO[C@H]1CN(C)C[C@@H]1NC(=O)c1cccc(N2Cc3ccccc3C2)c1. The number of amides is 1. The van der Waals surface area contributed by atoms with E-state index >= 15 is 0 Å². The topological polar surface area (TPSA) is 44.8 Å². The van der Waals surface area contributed by atoms with Crippen LogP contribution in [0.4, 0.5) is 5.69 Å². The third-order valence-corrected chi connectivity index (χ3v) is 5.46. The maximum absolute atomic E-state index is 12.8. The molecular formula is C22H27N3O2. The number of ether oxygens (including phenoxy) is 1. The highest BCUT2D eigenvalue weighted by atomic mass is 16.5. The summed E-state index contributed by atoms with van der Waals surface area (Å²) in [5.74, 6) is -0.0291. The number of carbonyl (C=O) groups excluding carboxylic acids is 1. The van der Waals surface area contributed by atoms with Gasteiger partial charge in [0.1, 0.15) is 0 Å². The average Bonchev–Trinajstić information content (AvgIpc) is 3.25. The Morgan fingerprint density at radius 1 is 1.11 bits per heavy atom. The Kier molecular flexibility index (Phi) is 5.14. The fourth-order valence-electron chi connectivity index (χ4n) is 4.10. The van der Waals surface area contributed by atoms with E-state index in [1.807, 2.05) is 25.1 Å². The number of likely N-dealkylation sites (N-methyl/N-ethyl adjacent to an activating group) is 1. The van der Waals surface area contributed by atoms with E-state index in [0.717, 1.165) is 31.9 Å². The van der Waals surface area contributed by atoms with Crippen LogP contribution < -0.4 is 10.2 Å². The number of benzene rings is 2. The fraction of sp³-hybridized carbons (Fsp3) is 0.409. The van der Waals surface area contributed by atoms with Gasteiger partial charge < -0.3 is 19.9 Å². The van der Waals surface area contributed by atoms with Crippen LogP contribution in [0, 0.1) is 0 Å². The molecule has 0 radical (unpaired) electrons. The first-order valence-electron chi connectivity index (χ1n) is 9.67. The molecule has 27 heavy (non-hydrogen) atoms. The van der Waals surface area contributed by atoms with Crippen LogP contribution in [0.1, 0.15) is 28.4 Å². The van der Waals surface area contributed by atoms with Crippen molar-refractivity contribution in [2.24, 2.45) is 0 Å². The van der Waals surface area contributed by atoms with Gasteiger partial charge in [-0.15, -0.1) is 0 Å². The number of hydrogen-bond acceptors (Lipinski definition) is 4. The number of hydrogen-bond donors (Lipinski definition) is 1. The van der Waals surface area contributed by atoms with E-state index < -0.39 is 0 Å². The van der Waals surface area contributed by atoms with Gasteiger partial charge >= 0.3 is 0 Å². The molecule has 5 heteroatoms. The molecule has 4 rings (SSSR count). The summed E-state index contributed by atoms with van der Waals surface area (Å²) in [6.45, 7) is 6.11. The van der Waals surface area contributed by atoms with Gasteiger partial charge in [-0.25, -0.2) is 0 Å². The van der Waals surface area contributed by atoms with Crippen LogP contribution in [0.2, 0.25) is 0 Å². The van der Waals surface area contributed by atoms with Gasteiger partial charge in [0.25, 0.3) is 5.91 Å². The molecule has 1 fully saturated rings. The number of nitrogens with one attached hydrogen (secondary N) is 1. The molecule has 1 N–H and O–H groups in total. The van der Waals surface area contributed by atoms with Gasteiger partial charge in [-0.05, 0) is 43.3 Å². The summed E-state index contributed by atoms with van der Waals surface area (Å²) in [6, 6.07) is 16.5. The molecule has 2 aromatic rings. The van der Waals surface area contributed by atoms with E-state index in [-0.39, 0.29) is 18.1 Å². The molecule has 2 aliphatic rings. The second-order valence-electron chi connectivity index (χ2n) is 7.47. The average molecular weight is 365 g/mol. The number of likely N-dealkylation sites (tertiary alicyclic amines) is 1. The lowest BCUT2D eigenvalue weighted by atomic mass is 10.1. The van der Waals surface area contributed by atoms with Gasteiger partial charge in [0.05, 0.1) is 12.1 Å². The number of anilines is 1. The zero-order valence-electron chi connectivity index (χ0n) is 16.0. The number of rotatable bonds is 5. The minimum atomic E-state index is -0.0291. The van der Waals surface area contributed by atoms with Gasteiger partial charge in [0, 0.05) is 44.0 Å². The van der Waals surface area contributed by atoms with Crippen LogP contribution in [-0.2, 0) is 17.8 Å². The van der Waals surface area contributed by atoms with Crippen molar-refractivity contribution in [2.75, 3.05) is 31.6 Å². The predicted octanol–water partition coefficient (Wildman–Crippen LogP) is 2.66. The molecule has 0 spiro atoms. The zero-order chi connectivity index (χ0) is 18.8. The van der Waals surface area contributed by atoms with Gasteiger partial charge in [0.15, 0.2) is 0 Å². The standard InChI is InChI=1S/C22H27N3O2/c1-3-27-21-15-24(2)14-20(21)23-22(26)16-9-6-10-19(11-16)25-12-17-7-4-5-8-18(17)13-25/h4-11,20-21H,3,12-15H2,1-2H3,(H,23,26)/t20-,21-/m0/s1. The molecule has 2 aliphatic heterocycles. The smallest absolute Gasteiger partial charge is 0.251 e. The lowest BCUT2D eigenvalue weighted by Crippen LogP contribution is -2.44. The molecule has 142 valence electrons. The number of fused-ring (bicyclic) bond motifs is 1. The highest BCUT2D eigenvalue weighted by molar-refractivity contribution is 5.95. The maximum atomic E-state index is 12.8. The van der Waals surface area contributed by atoms with Gasteiger partial charge in [-0.1, -0.05) is 30.3 Å². The molecule has 0 unspecified atom stereocenters. The molecule has 2 atom stereocenters. The Morgan fingerprint density at radius 3 is 2.56 bits per heavy atom. The maximum Gasteiger partial charge on any atom is 0.251 e. The van der Waals surface area contributed by atoms with Crippen molar-refractivity contribution in [3.8, 4) is 0 Å². The summed E-state index contributed by atoms with van der Waals surface area (Å²) < 4.78 is 5.80. The molecular weight excluding hydrogens is 338 g/mol. The summed E-state index contributed by atoms with van der Waals surface area (Å²) in [7, 11) is 2.06. The predicted molar refractivity (Wildman–Crippen MR) is 107 cm³/mol. The molecule has 0 bridgehead atoms. The van der Waals surface area contributed by atoms with Crippen molar-refractivity contribution in [1.29, 1.82) is 0 Å². The number of carbonyl (C=O) groups is 1. The summed E-state index contributed by atoms with van der Waals surface area (Å²) in [4.78, 5) is 17.3. The Labute approximate surface area is 160 Å². The Bertz CT molecular complexity index is 798. The lowest BCUT2D eigenvalue weighted by molar-refractivity contribution is 0.0513. The van der Waals surface area contributed by atoms with Crippen LogP contribution >= 0.6 is 0 Å². The lowest BCUT2D eigenvalue weighted by Gasteiger charge is -2.21. The fourth-order valence-corrected chi connectivity index (χ4v) is 4.10. The second kappa shape index (κ2) is 7.71. The van der Waals surface area contributed by atoms with E-state index in [0.29, 0.717) is 12.2 Å². The van der Waals surface area contributed by atoms with Crippen LogP contribution in [0.3, 0.4) is 0 Å². The van der Waals surface area contributed by atoms with Crippen molar-refractivity contribution in [3.05, 3.63) is 65.2 Å². The first-order chi connectivity index (χ1) is 13.1. The minimum absolute atomic E-state index is 0.0291. The molecule has 1 amide bonds. The van der Waals surface area contributed by atoms with Crippen molar-refractivity contribution in [3.63, 3.8) is 0 Å². The monoisotopic (exact) mass is 365 g/mol. The van der Waals surface area contributed by atoms with Gasteiger partial charge in [-0.3, -0.25) is 4.79 Å². The van der Waals surface area contributed by atoms with Crippen LogP contribution in [0.15, 0.2) is 48.5 Å². The highest BCUT2D eigenvalue weighted by Gasteiger charge is 2.32. The summed E-state index contributed by atoms with van der Waals surface area (Å²) in [6.07, 6.45) is 0.0558. The van der Waals surface area contributed by atoms with Crippen molar-refractivity contribution >= 4 is 11.6 Å². The van der Waals surface area contributed by atoms with E-state index in [2.05, 4.69) is 52.5 Å². The van der Waals surface area contributed by atoms with E-state index in [1.165, 1.54) is 11.1 Å². The Morgan fingerprint density at radius 2 is 1.85 bits per heavy atom. The van der Waals surface area contributed by atoms with Crippen LogP contribution in [0.5, 0.6) is 0 Å². The van der Waals surface area contributed by atoms with E-state index in [1.54, 1.807) is 0 Å². The summed E-state index contributed by atoms with van der Waals surface area (Å²) in [5.41, 5.74) is 4.51. The summed E-state index contributed by atoms with van der Waals surface area (Å²) in [5, 5.41) is 3.17. The quantitative estimate of drug-likeness (QED) is 0.885. The first-order valence-corrected chi connectivity index (χ1v) is 9.67. The minimum Gasteiger partial charge on any atom is -0.375 e. The Hall–Kier alpha value is -2.37. The normalized spacial score (nSPS) is 22.1. The van der Waals surface area contributed by atoms with Crippen molar-refractivity contribution in [2.45, 2.75) is 32.2 Å². The molecule has 0 aromatic heterocycles. The van der Waals surface area contributed by atoms with Crippen molar-refractivity contribution in [1.82, 2.24) is 10.2 Å². The zero-order valence-corrected chi connectivity index (χ0v) is 16.0. The molecule has 0 aliphatic carbocycles. The summed E-state index contributed by atoms with van der Waals surface area (Å²) >= 11 is 0. The third-order valence-electron chi connectivity index (χ3n) is 5.46. The molecule has 0 saturated carbocycles. The second-order valence-corrected chi connectivity index (χ2v) is 7.47. The van der Waals surface area contributed by atoms with Crippen LogP contribution in [0.25, 0.3) is 0 Å². The molecule has 5 nitrogen and oxygen atoms in total. The Balaban J connectivity index is 1.46. The van der Waals surface area contributed by atoms with E-state index in [4.69, 9.17) is 4.74 Å². The highest BCUT2D eigenvalue weighted by Crippen LogP contribution is 2.28. The first kappa shape index (κ1) is 18.0. The molecule has 2 aromatic carbocycles. The molecule has 1 saturated heterocycles. The van der Waals surface area contributed by atoms with Crippen molar-refractivity contribution < 1.29 is 9.53 Å². The van der Waals surface area contributed by atoms with Crippen LogP contribution in [-0.4, -0.2) is 49.7 Å². The number of nitrogens with zero attached hydrogens (tertiary/aromatic N) is 2. The molecule has 2 heterocycles. The third kappa shape index (κ3) is 3.84. The largest absolute Gasteiger partial charge is 0.375 e. The van der Waals surface area contributed by atoms with E-state index in [9.17, 15) is 4.79 Å².